The normalized spacial score (nSPS) is 15.2. The highest BCUT2D eigenvalue weighted by atomic mass is 16.2. The van der Waals surface area contributed by atoms with E-state index < -0.39 is 0 Å². The molecule has 3 N–H and O–H groups in total. The Hall–Kier alpha value is -2.37. The Balaban J connectivity index is 1.71. The largest absolute Gasteiger partial charge is 0.349 e. The molecule has 1 amide bonds. The molecule has 0 unspecified atom stereocenters. The molecule has 0 spiro atoms. The molecule has 0 radical (unpaired) electrons. The number of aromatic nitrogens is 4. The lowest BCUT2D eigenvalue weighted by atomic mass is 10.3. The summed E-state index contributed by atoms with van der Waals surface area (Å²) in [6.07, 6.45) is 5.94. The Bertz CT molecular complexity index is 768. The Morgan fingerprint density at radius 2 is 2.37 bits per heavy atom. The summed E-state index contributed by atoms with van der Waals surface area (Å²) in [5.74, 6) is 0.865. The van der Waals surface area contributed by atoms with E-state index in [4.69, 9.17) is 0 Å². The number of fused-ring (bicyclic) bond motifs is 3. The van der Waals surface area contributed by atoms with Crippen molar-refractivity contribution in [1.82, 2.24) is 25.3 Å². The van der Waals surface area contributed by atoms with Gasteiger partial charge in [-0.3, -0.25) is 4.79 Å². The third-order valence-corrected chi connectivity index (χ3v) is 3.50. The Labute approximate surface area is 108 Å². The molecule has 0 atom stereocenters. The quantitative estimate of drug-likeness (QED) is 0.664. The highest BCUT2D eigenvalue weighted by molar-refractivity contribution is 6.03. The van der Waals surface area contributed by atoms with E-state index in [9.17, 15) is 4.79 Å². The number of imidazole rings is 1. The van der Waals surface area contributed by atoms with E-state index in [0.717, 1.165) is 28.6 Å². The molecule has 96 valence electrons. The zero-order valence-electron chi connectivity index (χ0n) is 10.2. The second-order valence-corrected chi connectivity index (χ2v) is 5.00. The maximum Gasteiger partial charge on any atom is 0.287 e. The summed E-state index contributed by atoms with van der Waals surface area (Å²) in [5.41, 5.74) is 2.34. The lowest BCUT2D eigenvalue weighted by Crippen LogP contribution is -2.26. The van der Waals surface area contributed by atoms with E-state index >= 15 is 0 Å². The first-order valence-corrected chi connectivity index (χ1v) is 6.41. The van der Waals surface area contributed by atoms with Crippen molar-refractivity contribution in [3.05, 3.63) is 24.3 Å². The molecule has 1 aliphatic rings. The molecule has 0 aliphatic heterocycles. The first-order valence-electron chi connectivity index (χ1n) is 6.41. The van der Waals surface area contributed by atoms with Crippen molar-refractivity contribution in [3.8, 4) is 0 Å². The van der Waals surface area contributed by atoms with Gasteiger partial charge in [-0.2, -0.15) is 0 Å². The van der Waals surface area contributed by atoms with E-state index in [2.05, 4.69) is 25.3 Å². The number of amides is 1. The average molecular weight is 255 g/mol. The molecular formula is C13H13N5O. The van der Waals surface area contributed by atoms with Crippen molar-refractivity contribution >= 4 is 28.0 Å². The molecule has 6 heteroatoms. The Morgan fingerprint density at radius 1 is 1.47 bits per heavy atom. The van der Waals surface area contributed by atoms with Crippen LogP contribution in [0.1, 0.15) is 23.5 Å². The van der Waals surface area contributed by atoms with Gasteiger partial charge in [0.1, 0.15) is 11.2 Å². The lowest BCUT2D eigenvalue weighted by Gasteiger charge is -1.99. The minimum atomic E-state index is -0.146. The Kier molecular flexibility index (Phi) is 2.11. The van der Waals surface area contributed by atoms with Crippen LogP contribution in [0.25, 0.3) is 22.1 Å². The summed E-state index contributed by atoms with van der Waals surface area (Å²) in [6.45, 7) is 0.744. The molecule has 3 aromatic heterocycles. The number of H-pyrrole nitrogens is 2. The summed E-state index contributed by atoms with van der Waals surface area (Å²) in [4.78, 5) is 26.7. The summed E-state index contributed by atoms with van der Waals surface area (Å²) in [6, 6.07) is 1.91. The molecule has 1 saturated carbocycles. The number of hydrogen-bond acceptors (Lipinski definition) is 3. The highest BCUT2D eigenvalue weighted by Gasteiger charge is 2.22. The van der Waals surface area contributed by atoms with Gasteiger partial charge in [0, 0.05) is 18.1 Å². The van der Waals surface area contributed by atoms with Gasteiger partial charge < -0.3 is 15.3 Å². The van der Waals surface area contributed by atoms with Crippen LogP contribution in [0.5, 0.6) is 0 Å². The molecule has 1 fully saturated rings. The fraction of sp³-hybridized carbons (Fsp3) is 0.308. The fourth-order valence-electron chi connectivity index (χ4n) is 2.22. The molecular weight excluding hydrogens is 242 g/mol. The molecule has 0 aromatic carbocycles. The standard InChI is InChI=1S/C13H13N5O/c19-13(16-5-7-1-2-7)12-17-9-6-15-11-8(3-4-14-11)10(9)18-12/h3-4,6-7H,1-2,5H2,(H,14,15)(H,16,19)(H,17,18). The molecule has 0 saturated heterocycles. The molecule has 19 heavy (non-hydrogen) atoms. The smallest absolute Gasteiger partial charge is 0.287 e. The van der Waals surface area contributed by atoms with Gasteiger partial charge >= 0.3 is 0 Å². The number of nitrogens with zero attached hydrogens (tertiary/aromatic N) is 2. The average Bonchev–Trinajstić information content (AvgIpc) is 2.95. The summed E-state index contributed by atoms with van der Waals surface area (Å²) in [7, 11) is 0. The van der Waals surface area contributed by atoms with Gasteiger partial charge in [-0.1, -0.05) is 0 Å². The number of rotatable bonds is 3. The molecule has 0 bridgehead atoms. The topological polar surface area (TPSA) is 86.5 Å². The molecule has 3 heterocycles. The van der Waals surface area contributed by atoms with Gasteiger partial charge in [-0.15, -0.1) is 0 Å². The zero-order chi connectivity index (χ0) is 12.8. The monoisotopic (exact) mass is 255 g/mol. The van der Waals surface area contributed by atoms with Crippen LogP contribution < -0.4 is 5.32 Å². The predicted molar refractivity (Wildman–Crippen MR) is 70.8 cm³/mol. The van der Waals surface area contributed by atoms with Crippen molar-refractivity contribution in [1.29, 1.82) is 0 Å². The van der Waals surface area contributed by atoms with Gasteiger partial charge in [0.15, 0.2) is 5.82 Å². The SMILES string of the molecule is O=C(NCC1CC1)c1nc2c(cnc3[nH]ccc32)[nH]1. The number of aromatic amines is 2. The molecule has 4 rings (SSSR count). The third-order valence-electron chi connectivity index (χ3n) is 3.50. The second-order valence-electron chi connectivity index (χ2n) is 5.00. The maximum atomic E-state index is 12.0. The van der Waals surface area contributed by atoms with Crippen molar-refractivity contribution in [3.63, 3.8) is 0 Å². The number of carbonyl (C=O) groups is 1. The van der Waals surface area contributed by atoms with E-state index in [0.29, 0.717) is 11.7 Å². The first-order chi connectivity index (χ1) is 9.31. The summed E-state index contributed by atoms with van der Waals surface area (Å²) >= 11 is 0. The van der Waals surface area contributed by atoms with Crippen molar-refractivity contribution < 1.29 is 4.79 Å². The van der Waals surface area contributed by atoms with Crippen LogP contribution >= 0.6 is 0 Å². The minimum absolute atomic E-state index is 0.146. The van der Waals surface area contributed by atoms with E-state index in [-0.39, 0.29) is 5.91 Å². The van der Waals surface area contributed by atoms with Crippen LogP contribution in [0.2, 0.25) is 0 Å². The highest BCUT2D eigenvalue weighted by Crippen LogP contribution is 2.27. The zero-order valence-corrected chi connectivity index (χ0v) is 10.2. The van der Waals surface area contributed by atoms with Gasteiger partial charge in [0.25, 0.3) is 5.91 Å². The van der Waals surface area contributed by atoms with Crippen LogP contribution in [-0.2, 0) is 0 Å². The Morgan fingerprint density at radius 3 is 3.21 bits per heavy atom. The number of carbonyl (C=O) groups excluding carboxylic acids is 1. The van der Waals surface area contributed by atoms with Gasteiger partial charge in [-0.25, -0.2) is 9.97 Å². The lowest BCUT2D eigenvalue weighted by molar-refractivity contribution is 0.0942. The predicted octanol–water partition coefficient (Wildman–Crippen LogP) is 1.58. The maximum absolute atomic E-state index is 12.0. The van der Waals surface area contributed by atoms with Crippen LogP contribution in [0.15, 0.2) is 18.5 Å². The van der Waals surface area contributed by atoms with E-state index in [1.165, 1.54) is 12.8 Å². The van der Waals surface area contributed by atoms with Crippen molar-refractivity contribution in [2.45, 2.75) is 12.8 Å². The first kappa shape index (κ1) is 10.5. The van der Waals surface area contributed by atoms with Crippen LogP contribution in [0, 0.1) is 5.92 Å². The van der Waals surface area contributed by atoms with Gasteiger partial charge in [0.05, 0.1) is 11.7 Å². The third kappa shape index (κ3) is 1.76. The molecule has 6 nitrogen and oxygen atoms in total. The van der Waals surface area contributed by atoms with E-state index in [1.807, 2.05) is 12.3 Å². The van der Waals surface area contributed by atoms with Crippen LogP contribution in [-0.4, -0.2) is 32.4 Å². The minimum Gasteiger partial charge on any atom is -0.349 e. The summed E-state index contributed by atoms with van der Waals surface area (Å²) < 4.78 is 0. The van der Waals surface area contributed by atoms with Crippen molar-refractivity contribution in [2.75, 3.05) is 6.54 Å². The van der Waals surface area contributed by atoms with Crippen molar-refractivity contribution in [2.24, 2.45) is 5.92 Å². The summed E-state index contributed by atoms with van der Waals surface area (Å²) in [5, 5.41) is 3.83. The molecule has 1 aliphatic carbocycles. The number of hydrogen-bond donors (Lipinski definition) is 3. The fourth-order valence-corrected chi connectivity index (χ4v) is 2.22. The van der Waals surface area contributed by atoms with Gasteiger partial charge in [-0.05, 0) is 24.8 Å². The van der Waals surface area contributed by atoms with Gasteiger partial charge in [0.2, 0.25) is 0 Å². The molecule has 3 aromatic rings. The second kappa shape index (κ2) is 3.81. The number of pyridine rings is 1. The van der Waals surface area contributed by atoms with E-state index in [1.54, 1.807) is 6.20 Å². The van der Waals surface area contributed by atoms with Crippen LogP contribution in [0.4, 0.5) is 0 Å². The van der Waals surface area contributed by atoms with Crippen LogP contribution in [0.3, 0.4) is 0 Å². The number of nitrogens with one attached hydrogen (secondary N) is 3.